The minimum Gasteiger partial charge on any atom is -0.330 e. The van der Waals surface area contributed by atoms with E-state index in [0.717, 1.165) is 17.5 Å². The SMILES string of the molecule is CC(C)n1nnc2c(CCN)cccc21. The average Bonchev–Trinajstić information content (AvgIpc) is 2.62. The van der Waals surface area contributed by atoms with Gasteiger partial charge in [0.05, 0.1) is 5.52 Å². The Labute approximate surface area is 89.1 Å². The summed E-state index contributed by atoms with van der Waals surface area (Å²) in [6.45, 7) is 4.85. The van der Waals surface area contributed by atoms with Crippen LogP contribution in [0.3, 0.4) is 0 Å². The van der Waals surface area contributed by atoms with Crippen LogP contribution in [0, 0.1) is 0 Å². The highest BCUT2D eigenvalue weighted by molar-refractivity contribution is 5.78. The minimum absolute atomic E-state index is 0.336. The van der Waals surface area contributed by atoms with Crippen molar-refractivity contribution in [2.45, 2.75) is 26.3 Å². The zero-order valence-corrected chi connectivity index (χ0v) is 9.14. The van der Waals surface area contributed by atoms with Crippen LogP contribution in [0.15, 0.2) is 18.2 Å². The summed E-state index contributed by atoms with van der Waals surface area (Å²) in [6.07, 6.45) is 0.855. The van der Waals surface area contributed by atoms with Crippen molar-refractivity contribution in [2.24, 2.45) is 5.73 Å². The summed E-state index contributed by atoms with van der Waals surface area (Å²) in [7, 11) is 0. The summed E-state index contributed by atoms with van der Waals surface area (Å²) in [5, 5.41) is 8.38. The second-order valence-electron chi connectivity index (χ2n) is 3.95. The highest BCUT2D eigenvalue weighted by Crippen LogP contribution is 2.19. The zero-order chi connectivity index (χ0) is 10.8. The molecule has 0 radical (unpaired) electrons. The van der Waals surface area contributed by atoms with Crippen LogP contribution in [0.5, 0.6) is 0 Å². The van der Waals surface area contributed by atoms with Gasteiger partial charge in [-0.25, -0.2) is 4.68 Å². The second kappa shape index (κ2) is 3.98. The van der Waals surface area contributed by atoms with Crippen molar-refractivity contribution in [3.8, 4) is 0 Å². The van der Waals surface area contributed by atoms with Gasteiger partial charge in [-0.1, -0.05) is 17.3 Å². The highest BCUT2D eigenvalue weighted by atomic mass is 15.4. The Morgan fingerprint density at radius 3 is 2.87 bits per heavy atom. The van der Waals surface area contributed by atoms with Crippen LogP contribution in [-0.4, -0.2) is 21.5 Å². The number of nitrogens with two attached hydrogens (primary N) is 1. The topological polar surface area (TPSA) is 56.7 Å². The predicted octanol–water partition coefficient (Wildman–Crippen LogP) is 1.51. The monoisotopic (exact) mass is 204 g/mol. The molecule has 0 saturated heterocycles. The van der Waals surface area contributed by atoms with Crippen LogP contribution in [0.25, 0.3) is 11.0 Å². The van der Waals surface area contributed by atoms with Crippen molar-refractivity contribution in [1.82, 2.24) is 15.0 Å². The molecule has 2 rings (SSSR count). The molecule has 0 amide bonds. The zero-order valence-electron chi connectivity index (χ0n) is 9.14. The third-order valence-electron chi connectivity index (χ3n) is 2.49. The molecule has 2 aromatic rings. The van der Waals surface area contributed by atoms with Gasteiger partial charge in [-0.3, -0.25) is 0 Å². The Hall–Kier alpha value is -1.42. The maximum atomic E-state index is 5.56. The maximum absolute atomic E-state index is 5.56. The van der Waals surface area contributed by atoms with Gasteiger partial charge >= 0.3 is 0 Å². The van der Waals surface area contributed by atoms with Crippen LogP contribution in [0.4, 0.5) is 0 Å². The van der Waals surface area contributed by atoms with E-state index >= 15 is 0 Å². The molecule has 0 fully saturated rings. The average molecular weight is 204 g/mol. The molecule has 0 saturated carbocycles. The number of hydrogen-bond acceptors (Lipinski definition) is 3. The Balaban J connectivity index is 2.58. The van der Waals surface area contributed by atoms with E-state index in [-0.39, 0.29) is 0 Å². The van der Waals surface area contributed by atoms with E-state index in [9.17, 15) is 0 Å². The summed E-state index contributed by atoms with van der Waals surface area (Å²) >= 11 is 0. The van der Waals surface area contributed by atoms with Gasteiger partial charge in [0.15, 0.2) is 0 Å². The van der Waals surface area contributed by atoms with Crippen molar-refractivity contribution in [3.05, 3.63) is 23.8 Å². The highest BCUT2D eigenvalue weighted by Gasteiger charge is 2.09. The molecule has 0 bridgehead atoms. The van der Waals surface area contributed by atoms with Gasteiger partial charge in [-0.2, -0.15) is 0 Å². The van der Waals surface area contributed by atoms with Crippen LogP contribution in [-0.2, 0) is 6.42 Å². The Bertz CT molecular complexity index is 459. The first-order valence-corrected chi connectivity index (χ1v) is 5.27. The maximum Gasteiger partial charge on any atom is 0.116 e. The number of rotatable bonds is 3. The Morgan fingerprint density at radius 2 is 2.20 bits per heavy atom. The molecule has 0 aliphatic heterocycles. The van der Waals surface area contributed by atoms with Gasteiger partial charge in [-0.05, 0) is 38.4 Å². The van der Waals surface area contributed by atoms with E-state index in [1.807, 2.05) is 10.7 Å². The molecular formula is C11H16N4. The lowest BCUT2D eigenvalue weighted by molar-refractivity contribution is 0.530. The van der Waals surface area contributed by atoms with Crippen molar-refractivity contribution < 1.29 is 0 Å². The molecule has 1 heterocycles. The van der Waals surface area contributed by atoms with Crippen molar-refractivity contribution in [3.63, 3.8) is 0 Å². The number of nitrogens with zero attached hydrogens (tertiary/aromatic N) is 3. The molecule has 2 N–H and O–H groups in total. The van der Waals surface area contributed by atoms with Crippen molar-refractivity contribution in [2.75, 3.05) is 6.54 Å². The molecule has 0 spiro atoms. The van der Waals surface area contributed by atoms with Crippen LogP contribution < -0.4 is 5.73 Å². The number of fused-ring (bicyclic) bond motifs is 1. The molecule has 0 atom stereocenters. The quantitative estimate of drug-likeness (QED) is 0.824. The smallest absolute Gasteiger partial charge is 0.116 e. The lowest BCUT2D eigenvalue weighted by atomic mass is 10.1. The first kappa shape index (κ1) is 10.1. The summed E-state index contributed by atoms with van der Waals surface area (Å²) in [5.41, 5.74) is 8.82. The second-order valence-corrected chi connectivity index (χ2v) is 3.95. The minimum atomic E-state index is 0.336. The fraction of sp³-hybridized carbons (Fsp3) is 0.455. The van der Waals surface area contributed by atoms with E-state index in [2.05, 4.69) is 36.3 Å². The van der Waals surface area contributed by atoms with Crippen molar-refractivity contribution in [1.29, 1.82) is 0 Å². The first-order valence-electron chi connectivity index (χ1n) is 5.27. The van der Waals surface area contributed by atoms with Gasteiger partial charge in [0.1, 0.15) is 5.52 Å². The number of hydrogen-bond donors (Lipinski definition) is 1. The van der Waals surface area contributed by atoms with E-state index in [1.165, 1.54) is 5.56 Å². The predicted molar refractivity (Wildman–Crippen MR) is 60.7 cm³/mol. The summed E-state index contributed by atoms with van der Waals surface area (Å²) in [4.78, 5) is 0. The molecule has 1 aromatic carbocycles. The molecular weight excluding hydrogens is 188 g/mol. The Morgan fingerprint density at radius 1 is 1.40 bits per heavy atom. The lowest BCUT2D eigenvalue weighted by Crippen LogP contribution is -2.04. The molecule has 1 aromatic heterocycles. The third kappa shape index (κ3) is 1.72. The molecule has 15 heavy (non-hydrogen) atoms. The van der Waals surface area contributed by atoms with Gasteiger partial charge in [0.25, 0.3) is 0 Å². The lowest BCUT2D eigenvalue weighted by Gasteiger charge is -2.05. The van der Waals surface area contributed by atoms with Crippen LogP contribution in [0.2, 0.25) is 0 Å². The normalized spacial score (nSPS) is 11.5. The fourth-order valence-corrected chi connectivity index (χ4v) is 1.76. The summed E-state index contributed by atoms with van der Waals surface area (Å²) in [6, 6.07) is 6.49. The number of aromatic nitrogens is 3. The van der Waals surface area contributed by atoms with Crippen molar-refractivity contribution >= 4 is 11.0 Å². The molecule has 80 valence electrons. The molecule has 4 heteroatoms. The Kier molecular flexibility index (Phi) is 2.68. The van der Waals surface area contributed by atoms with Gasteiger partial charge in [0, 0.05) is 6.04 Å². The standard InChI is InChI=1S/C11H16N4/c1-8(2)15-10-5-3-4-9(6-7-12)11(10)13-14-15/h3-5,8H,6-7,12H2,1-2H3. The first-order chi connectivity index (χ1) is 7.24. The third-order valence-corrected chi connectivity index (χ3v) is 2.49. The van der Waals surface area contributed by atoms with E-state index in [4.69, 9.17) is 5.73 Å². The number of benzene rings is 1. The van der Waals surface area contributed by atoms with E-state index in [1.54, 1.807) is 0 Å². The van der Waals surface area contributed by atoms with Crippen LogP contribution >= 0.6 is 0 Å². The molecule has 0 unspecified atom stereocenters. The molecule has 0 aliphatic carbocycles. The summed E-state index contributed by atoms with van der Waals surface area (Å²) in [5.74, 6) is 0. The molecule has 4 nitrogen and oxygen atoms in total. The summed E-state index contributed by atoms with van der Waals surface area (Å²) < 4.78 is 1.94. The van der Waals surface area contributed by atoms with E-state index in [0.29, 0.717) is 12.6 Å². The van der Waals surface area contributed by atoms with Gasteiger partial charge < -0.3 is 5.73 Å². The molecule has 0 aliphatic rings. The van der Waals surface area contributed by atoms with E-state index < -0.39 is 0 Å². The van der Waals surface area contributed by atoms with Gasteiger partial charge in [-0.15, -0.1) is 5.10 Å². The largest absolute Gasteiger partial charge is 0.330 e. The van der Waals surface area contributed by atoms with Crippen LogP contribution in [0.1, 0.15) is 25.5 Å². The fourth-order valence-electron chi connectivity index (χ4n) is 1.76. The van der Waals surface area contributed by atoms with Gasteiger partial charge in [0.2, 0.25) is 0 Å².